The first-order valence-corrected chi connectivity index (χ1v) is 5.01. The number of allylic oxidation sites excluding steroid dienone is 5. The van der Waals surface area contributed by atoms with E-state index in [-0.39, 0.29) is 11.5 Å². The SMILES string of the molecule is NC1=C(C(=O)c2cocn2)CC=C(Cl)C=C1. The van der Waals surface area contributed by atoms with Crippen LogP contribution in [0.25, 0.3) is 0 Å². The van der Waals surface area contributed by atoms with Crippen LogP contribution in [0.4, 0.5) is 0 Å². The van der Waals surface area contributed by atoms with Gasteiger partial charge < -0.3 is 10.2 Å². The number of rotatable bonds is 2. The highest BCUT2D eigenvalue weighted by Gasteiger charge is 2.17. The van der Waals surface area contributed by atoms with Crippen LogP contribution in [-0.2, 0) is 0 Å². The zero-order valence-electron chi connectivity index (χ0n) is 8.31. The number of oxazole rings is 1. The van der Waals surface area contributed by atoms with Crippen molar-refractivity contribution in [1.29, 1.82) is 0 Å². The summed E-state index contributed by atoms with van der Waals surface area (Å²) in [5, 5.41) is 0.561. The number of nitrogens with zero attached hydrogens (tertiary/aromatic N) is 1. The maximum atomic E-state index is 12.0. The molecule has 4 nitrogen and oxygen atoms in total. The predicted molar refractivity (Wildman–Crippen MR) is 59.7 cm³/mol. The maximum Gasteiger partial charge on any atom is 0.213 e. The van der Waals surface area contributed by atoms with E-state index < -0.39 is 0 Å². The first-order chi connectivity index (χ1) is 7.68. The van der Waals surface area contributed by atoms with Crippen LogP contribution in [0.1, 0.15) is 16.9 Å². The molecular weight excluding hydrogens is 228 g/mol. The number of ketones is 1. The van der Waals surface area contributed by atoms with E-state index in [2.05, 4.69) is 4.98 Å². The molecule has 1 aromatic rings. The monoisotopic (exact) mass is 236 g/mol. The zero-order chi connectivity index (χ0) is 11.5. The van der Waals surface area contributed by atoms with Gasteiger partial charge >= 0.3 is 0 Å². The van der Waals surface area contributed by atoms with E-state index in [1.54, 1.807) is 18.2 Å². The van der Waals surface area contributed by atoms with Gasteiger partial charge in [-0.2, -0.15) is 0 Å². The fourth-order valence-corrected chi connectivity index (χ4v) is 1.50. The number of hydrogen-bond donors (Lipinski definition) is 1. The molecule has 5 heteroatoms. The van der Waals surface area contributed by atoms with Crippen LogP contribution in [0.3, 0.4) is 0 Å². The minimum atomic E-state index is -0.237. The molecule has 0 atom stereocenters. The summed E-state index contributed by atoms with van der Waals surface area (Å²) in [5.74, 6) is -0.237. The lowest BCUT2D eigenvalue weighted by Gasteiger charge is -2.02. The zero-order valence-corrected chi connectivity index (χ0v) is 9.07. The number of nitrogens with two attached hydrogens (primary N) is 1. The second-order valence-electron chi connectivity index (χ2n) is 3.26. The lowest BCUT2D eigenvalue weighted by molar-refractivity contribution is 0.102. The third-order valence-electron chi connectivity index (χ3n) is 2.21. The van der Waals surface area contributed by atoms with E-state index in [0.717, 1.165) is 0 Å². The van der Waals surface area contributed by atoms with E-state index in [4.69, 9.17) is 21.8 Å². The van der Waals surface area contributed by atoms with Crippen molar-refractivity contribution in [1.82, 2.24) is 4.98 Å². The van der Waals surface area contributed by atoms with Crippen molar-refractivity contribution in [3.05, 3.63) is 52.9 Å². The molecule has 2 N–H and O–H groups in total. The van der Waals surface area contributed by atoms with Crippen LogP contribution < -0.4 is 5.73 Å². The Morgan fingerprint density at radius 2 is 2.31 bits per heavy atom. The summed E-state index contributed by atoms with van der Waals surface area (Å²) in [6.45, 7) is 0. The van der Waals surface area contributed by atoms with Gasteiger partial charge in [-0.15, -0.1) is 0 Å². The fraction of sp³-hybridized carbons (Fsp3) is 0.0909. The molecule has 0 spiro atoms. The third kappa shape index (κ3) is 2.06. The van der Waals surface area contributed by atoms with Gasteiger partial charge in [-0.05, 0) is 18.6 Å². The topological polar surface area (TPSA) is 69.1 Å². The van der Waals surface area contributed by atoms with Crippen LogP contribution in [0.5, 0.6) is 0 Å². The highest BCUT2D eigenvalue weighted by Crippen LogP contribution is 2.20. The summed E-state index contributed by atoms with van der Waals surface area (Å²) >= 11 is 5.83. The van der Waals surface area contributed by atoms with Gasteiger partial charge in [0.05, 0.1) is 0 Å². The van der Waals surface area contributed by atoms with Crippen LogP contribution >= 0.6 is 11.6 Å². The number of halogens is 1. The largest absolute Gasteiger partial charge is 0.451 e. The predicted octanol–water partition coefficient (Wildman–Crippen LogP) is 2.15. The van der Waals surface area contributed by atoms with Crippen molar-refractivity contribution in [2.75, 3.05) is 0 Å². The molecule has 1 aromatic heterocycles. The Morgan fingerprint density at radius 1 is 1.50 bits per heavy atom. The van der Waals surface area contributed by atoms with Crippen molar-refractivity contribution < 1.29 is 9.21 Å². The standard InChI is InChI=1S/C11H9ClN2O2/c12-7-1-3-8(9(13)4-2-7)11(15)10-5-16-6-14-10/h1-2,4-6H,3,13H2. The normalized spacial score (nSPS) is 15.9. The quantitative estimate of drug-likeness (QED) is 0.799. The Labute approximate surface area is 97.1 Å². The van der Waals surface area contributed by atoms with Gasteiger partial charge in [-0.25, -0.2) is 4.98 Å². The van der Waals surface area contributed by atoms with E-state index in [9.17, 15) is 4.79 Å². The van der Waals surface area contributed by atoms with Gasteiger partial charge in [0.15, 0.2) is 6.39 Å². The minimum absolute atomic E-state index is 0.237. The molecule has 0 radical (unpaired) electrons. The molecule has 0 bridgehead atoms. The molecule has 1 aliphatic rings. The number of carbonyl (C=O) groups is 1. The molecule has 0 fully saturated rings. The van der Waals surface area contributed by atoms with Crippen LogP contribution in [0.2, 0.25) is 0 Å². The maximum absolute atomic E-state index is 12.0. The number of carbonyl (C=O) groups excluding carboxylic acids is 1. The van der Waals surface area contributed by atoms with Gasteiger partial charge in [0.25, 0.3) is 0 Å². The van der Waals surface area contributed by atoms with Crippen molar-refractivity contribution in [2.24, 2.45) is 5.73 Å². The van der Waals surface area contributed by atoms with Crippen molar-refractivity contribution in [3.8, 4) is 0 Å². The minimum Gasteiger partial charge on any atom is -0.451 e. The number of aromatic nitrogens is 1. The summed E-state index contributed by atoms with van der Waals surface area (Å²) in [5.41, 5.74) is 6.89. The molecule has 16 heavy (non-hydrogen) atoms. The van der Waals surface area contributed by atoms with E-state index in [1.807, 2.05) is 0 Å². The van der Waals surface area contributed by atoms with E-state index in [0.29, 0.717) is 22.7 Å². The highest BCUT2D eigenvalue weighted by atomic mass is 35.5. The molecule has 0 saturated heterocycles. The van der Waals surface area contributed by atoms with Crippen molar-refractivity contribution in [2.45, 2.75) is 6.42 Å². The summed E-state index contributed by atoms with van der Waals surface area (Å²) in [7, 11) is 0. The molecule has 0 unspecified atom stereocenters. The molecule has 0 saturated carbocycles. The Balaban J connectivity index is 2.34. The van der Waals surface area contributed by atoms with Gasteiger partial charge in [0.2, 0.25) is 5.78 Å². The molecule has 1 heterocycles. The van der Waals surface area contributed by atoms with Crippen molar-refractivity contribution in [3.63, 3.8) is 0 Å². The molecule has 2 rings (SSSR count). The first-order valence-electron chi connectivity index (χ1n) is 4.63. The molecule has 0 amide bonds. The fourth-order valence-electron chi connectivity index (χ4n) is 1.36. The first kappa shape index (κ1) is 10.7. The van der Waals surface area contributed by atoms with Crippen LogP contribution in [0, 0.1) is 0 Å². The second kappa shape index (κ2) is 4.37. The van der Waals surface area contributed by atoms with Gasteiger partial charge in [-0.3, -0.25) is 4.79 Å². The number of hydrogen-bond acceptors (Lipinski definition) is 4. The Morgan fingerprint density at radius 3 is 3.00 bits per heavy atom. The smallest absolute Gasteiger partial charge is 0.213 e. The molecule has 0 aromatic carbocycles. The molecule has 1 aliphatic carbocycles. The van der Waals surface area contributed by atoms with Gasteiger partial charge in [-0.1, -0.05) is 17.7 Å². The lowest BCUT2D eigenvalue weighted by Crippen LogP contribution is -2.10. The Bertz CT molecular complexity index is 498. The summed E-state index contributed by atoms with van der Waals surface area (Å²) in [6.07, 6.45) is 7.88. The Hall–Kier alpha value is -1.81. The van der Waals surface area contributed by atoms with E-state index in [1.165, 1.54) is 12.7 Å². The summed E-state index contributed by atoms with van der Waals surface area (Å²) in [6, 6.07) is 0. The van der Waals surface area contributed by atoms with Gasteiger partial charge in [0.1, 0.15) is 12.0 Å². The second-order valence-corrected chi connectivity index (χ2v) is 3.70. The van der Waals surface area contributed by atoms with Gasteiger partial charge in [0, 0.05) is 16.3 Å². The molecular formula is C11H9ClN2O2. The van der Waals surface area contributed by atoms with Crippen molar-refractivity contribution >= 4 is 17.4 Å². The Kier molecular flexibility index (Phi) is 2.92. The molecule has 82 valence electrons. The lowest BCUT2D eigenvalue weighted by atomic mass is 10.0. The average Bonchev–Trinajstić information content (AvgIpc) is 2.74. The highest BCUT2D eigenvalue weighted by molar-refractivity contribution is 6.31. The molecule has 0 aliphatic heterocycles. The van der Waals surface area contributed by atoms with E-state index >= 15 is 0 Å². The van der Waals surface area contributed by atoms with Crippen LogP contribution in [-0.4, -0.2) is 10.8 Å². The third-order valence-corrected chi connectivity index (χ3v) is 2.49. The summed E-state index contributed by atoms with van der Waals surface area (Å²) in [4.78, 5) is 15.8. The number of Topliss-reactive ketones (excluding diaryl/α,β-unsaturated/α-hetero) is 1. The average molecular weight is 237 g/mol. The summed E-state index contributed by atoms with van der Waals surface area (Å²) < 4.78 is 4.76. The van der Waals surface area contributed by atoms with Crippen LogP contribution in [0.15, 0.2) is 51.6 Å².